The summed E-state index contributed by atoms with van der Waals surface area (Å²) < 4.78 is 6.95. The number of hydrogen-bond acceptors (Lipinski definition) is 2. The monoisotopic (exact) mass is 811 g/mol. The molecule has 302 valence electrons. The van der Waals surface area contributed by atoms with Crippen LogP contribution in [-0.2, 0) is 0 Å². The first-order chi connectivity index (χ1) is 31.1. The van der Waals surface area contributed by atoms with E-state index in [0.29, 0.717) is 0 Å². The lowest BCUT2D eigenvalue weighted by molar-refractivity contribution is 0.960. The Morgan fingerprint density at radius 2 is 1.14 bits per heavy atom. The fourth-order valence-electron chi connectivity index (χ4n) is 9.28. The van der Waals surface area contributed by atoms with Gasteiger partial charge in [0, 0.05) is 39.0 Å². The van der Waals surface area contributed by atoms with Crippen molar-refractivity contribution in [2.45, 2.75) is 26.7 Å². The second-order valence-electron chi connectivity index (χ2n) is 16.3. The van der Waals surface area contributed by atoms with E-state index in [1.807, 2.05) is 25.1 Å². The van der Waals surface area contributed by atoms with Gasteiger partial charge >= 0.3 is 0 Å². The molecule has 5 nitrogen and oxygen atoms in total. The maximum atomic E-state index is 5.21. The number of benzene rings is 7. The van der Waals surface area contributed by atoms with Crippen LogP contribution in [0.25, 0.3) is 107 Å². The molecule has 0 bridgehead atoms. The van der Waals surface area contributed by atoms with Crippen molar-refractivity contribution in [3.63, 3.8) is 0 Å². The van der Waals surface area contributed by atoms with E-state index in [1.165, 1.54) is 22.0 Å². The van der Waals surface area contributed by atoms with Crippen molar-refractivity contribution in [3.05, 3.63) is 212 Å². The number of aromatic nitrogens is 5. The second kappa shape index (κ2) is 15.8. The van der Waals surface area contributed by atoms with Gasteiger partial charge < -0.3 is 4.57 Å². The highest BCUT2D eigenvalue weighted by molar-refractivity contribution is 6.11. The molecule has 5 heteroatoms. The highest BCUT2D eigenvalue weighted by atomic mass is 15.1. The zero-order valence-corrected chi connectivity index (χ0v) is 35.4. The number of aryl methyl sites for hydroxylation is 1. The van der Waals surface area contributed by atoms with Crippen molar-refractivity contribution in [1.82, 2.24) is 23.7 Å². The molecule has 3 aromatic heterocycles. The molecule has 0 amide bonds. The van der Waals surface area contributed by atoms with E-state index in [2.05, 4.69) is 209 Å². The van der Waals surface area contributed by atoms with Gasteiger partial charge in [-0.05, 0) is 140 Å². The molecule has 0 atom stereocenters. The third kappa shape index (κ3) is 6.66. The SMILES string of the molecule is C=Cc1c(C=CC)nc(-c2cccc(-c3ccc4c(c3)c3cc(-c5cccc(-c6nc7ccccc7n6C6=CC=CCC6)c5)ccc3n4-c3ccc(C)cc3)c2)n1-c1ccccc1. The van der Waals surface area contributed by atoms with Crippen LogP contribution in [0.15, 0.2) is 195 Å². The predicted molar refractivity (Wildman–Crippen MR) is 265 cm³/mol. The third-order valence-electron chi connectivity index (χ3n) is 12.3. The maximum absolute atomic E-state index is 5.21. The molecule has 0 saturated carbocycles. The summed E-state index contributed by atoms with van der Waals surface area (Å²) in [5, 5.41) is 2.39. The van der Waals surface area contributed by atoms with Crippen molar-refractivity contribution in [2.24, 2.45) is 0 Å². The number of fused-ring (bicyclic) bond motifs is 4. The molecule has 0 spiro atoms. The van der Waals surface area contributed by atoms with E-state index < -0.39 is 0 Å². The van der Waals surface area contributed by atoms with Gasteiger partial charge in [-0.2, -0.15) is 0 Å². The fourth-order valence-corrected chi connectivity index (χ4v) is 9.28. The Labute approximate surface area is 367 Å². The maximum Gasteiger partial charge on any atom is 0.145 e. The van der Waals surface area contributed by atoms with Gasteiger partial charge in [0.05, 0.1) is 33.5 Å². The van der Waals surface area contributed by atoms with Crippen LogP contribution in [0.1, 0.15) is 36.7 Å². The quantitative estimate of drug-likeness (QED) is 0.146. The van der Waals surface area contributed by atoms with Crippen molar-refractivity contribution < 1.29 is 0 Å². The number of imidazole rings is 2. The summed E-state index contributed by atoms with van der Waals surface area (Å²) >= 11 is 0. The van der Waals surface area contributed by atoms with Crippen LogP contribution in [0, 0.1) is 6.92 Å². The average Bonchev–Trinajstić information content (AvgIpc) is 4.02. The minimum absolute atomic E-state index is 0.873. The summed E-state index contributed by atoms with van der Waals surface area (Å²) in [5.41, 5.74) is 17.7. The van der Waals surface area contributed by atoms with E-state index in [1.54, 1.807) is 0 Å². The highest BCUT2D eigenvalue weighted by Crippen LogP contribution is 2.40. The first-order valence-electron chi connectivity index (χ1n) is 21.7. The molecule has 1 aliphatic carbocycles. The molecule has 3 heterocycles. The molecule has 0 saturated heterocycles. The van der Waals surface area contributed by atoms with Gasteiger partial charge in [0.2, 0.25) is 0 Å². The summed E-state index contributed by atoms with van der Waals surface area (Å²) in [4.78, 5) is 10.4. The third-order valence-corrected chi connectivity index (χ3v) is 12.3. The van der Waals surface area contributed by atoms with Gasteiger partial charge in [-0.1, -0.05) is 121 Å². The fraction of sp³-hybridized carbons (Fsp3) is 0.0690. The van der Waals surface area contributed by atoms with Gasteiger partial charge in [0.15, 0.2) is 0 Å². The molecular weight excluding hydrogens is 767 g/mol. The minimum Gasteiger partial charge on any atom is -0.309 e. The predicted octanol–water partition coefficient (Wildman–Crippen LogP) is 15.2. The van der Waals surface area contributed by atoms with E-state index in [4.69, 9.17) is 9.97 Å². The van der Waals surface area contributed by atoms with Crippen molar-refractivity contribution >= 4 is 50.7 Å². The topological polar surface area (TPSA) is 40.6 Å². The Kier molecular flexibility index (Phi) is 9.51. The lowest BCUT2D eigenvalue weighted by Gasteiger charge is -2.15. The number of hydrogen-bond donors (Lipinski definition) is 0. The first kappa shape index (κ1) is 37.9. The molecule has 0 unspecified atom stereocenters. The van der Waals surface area contributed by atoms with Crippen molar-refractivity contribution in [3.8, 4) is 56.4 Å². The normalized spacial score (nSPS) is 12.8. The Morgan fingerprint density at radius 3 is 1.78 bits per heavy atom. The van der Waals surface area contributed by atoms with Crippen LogP contribution < -0.4 is 0 Å². The molecule has 1 aliphatic rings. The Balaban J connectivity index is 1.06. The van der Waals surface area contributed by atoms with E-state index in [0.717, 1.165) is 103 Å². The van der Waals surface area contributed by atoms with Crippen LogP contribution in [0.2, 0.25) is 0 Å². The number of nitrogens with zero attached hydrogens (tertiary/aromatic N) is 5. The second-order valence-corrected chi connectivity index (χ2v) is 16.3. The van der Waals surface area contributed by atoms with Crippen LogP contribution in [0.5, 0.6) is 0 Å². The van der Waals surface area contributed by atoms with Crippen LogP contribution >= 0.6 is 0 Å². The molecule has 7 aromatic carbocycles. The van der Waals surface area contributed by atoms with E-state index in [-0.39, 0.29) is 0 Å². The molecule has 0 aliphatic heterocycles. The minimum atomic E-state index is 0.873. The van der Waals surface area contributed by atoms with Crippen molar-refractivity contribution in [1.29, 1.82) is 0 Å². The van der Waals surface area contributed by atoms with Crippen molar-refractivity contribution in [2.75, 3.05) is 0 Å². The molecule has 0 radical (unpaired) electrons. The Bertz CT molecular complexity index is 3480. The lowest BCUT2D eigenvalue weighted by Crippen LogP contribution is -2.01. The summed E-state index contributed by atoms with van der Waals surface area (Å²) in [6.45, 7) is 8.34. The Hall–Kier alpha value is -8.02. The van der Waals surface area contributed by atoms with Gasteiger partial charge in [0.1, 0.15) is 11.6 Å². The molecule has 0 N–H and O–H groups in total. The lowest BCUT2D eigenvalue weighted by atomic mass is 9.98. The number of para-hydroxylation sites is 3. The van der Waals surface area contributed by atoms with Gasteiger partial charge in [-0.15, -0.1) is 0 Å². The molecule has 63 heavy (non-hydrogen) atoms. The van der Waals surface area contributed by atoms with Crippen LogP contribution in [-0.4, -0.2) is 23.7 Å². The highest BCUT2D eigenvalue weighted by Gasteiger charge is 2.20. The van der Waals surface area contributed by atoms with E-state index in [9.17, 15) is 0 Å². The summed E-state index contributed by atoms with van der Waals surface area (Å²) in [6.07, 6.45) is 14.6. The smallest absolute Gasteiger partial charge is 0.145 e. The van der Waals surface area contributed by atoms with E-state index >= 15 is 0 Å². The first-order valence-corrected chi connectivity index (χ1v) is 21.7. The summed E-state index contributed by atoms with van der Waals surface area (Å²) in [7, 11) is 0. The zero-order valence-electron chi connectivity index (χ0n) is 35.4. The van der Waals surface area contributed by atoms with Gasteiger partial charge in [-0.25, -0.2) is 9.97 Å². The average molecular weight is 812 g/mol. The van der Waals surface area contributed by atoms with Gasteiger partial charge in [0.25, 0.3) is 0 Å². The molecular formula is C58H45N5. The summed E-state index contributed by atoms with van der Waals surface area (Å²) in [6, 6.07) is 59.1. The number of rotatable bonds is 9. The summed E-state index contributed by atoms with van der Waals surface area (Å²) in [5.74, 6) is 1.84. The Morgan fingerprint density at radius 1 is 0.540 bits per heavy atom. The molecule has 11 rings (SSSR count). The molecule has 10 aromatic rings. The molecule has 0 fully saturated rings. The standard InChI is InChI=1S/C58H45N5/c1-4-16-51-53(5-2)62(46-21-8-6-9-22-46)57(59-51)44-19-14-17-40(35-44)42-29-33-54-49(37-42)50-38-43(30-34-55(50)61(54)48-31-27-39(3)28-32-48)41-18-15-20-45(36-41)58-60-52-25-12-13-26-56(52)63(58)47-23-10-7-11-24-47/h4-10,12-23,25-38H,2,11,24H2,1,3H3. The van der Waals surface area contributed by atoms with Crippen LogP contribution in [0.3, 0.4) is 0 Å². The van der Waals surface area contributed by atoms with Gasteiger partial charge in [-0.3, -0.25) is 9.13 Å². The number of allylic oxidation sites excluding steroid dienone is 5. The largest absolute Gasteiger partial charge is 0.309 e. The van der Waals surface area contributed by atoms with Crippen LogP contribution in [0.4, 0.5) is 0 Å². The zero-order chi connectivity index (χ0) is 42.4.